The number of rotatable bonds is 3. The number of anilines is 1. The Kier molecular flexibility index (Phi) is 3.51. The molecule has 1 aliphatic heterocycles. The fourth-order valence-electron chi connectivity index (χ4n) is 2.27. The van der Waals surface area contributed by atoms with E-state index in [0.717, 1.165) is 4.90 Å². The molecule has 1 aliphatic rings. The van der Waals surface area contributed by atoms with E-state index in [1.807, 2.05) is 0 Å². The number of carbonyl (C=O) groups excluding carboxylic acids is 1. The molecule has 1 fully saturated rings. The summed E-state index contributed by atoms with van der Waals surface area (Å²) in [5, 5.41) is 7.68. The Morgan fingerprint density at radius 1 is 1.45 bits per heavy atom. The molecule has 20 heavy (non-hydrogen) atoms. The zero-order valence-electron chi connectivity index (χ0n) is 10.5. The summed E-state index contributed by atoms with van der Waals surface area (Å²) in [5.41, 5.74) is 0.515. The van der Waals surface area contributed by atoms with Crippen molar-refractivity contribution >= 4 is 27.8 Å². The number of aromatic carboxylic acids is 1. The van der Waals surface area contributed by atoms with Crippen molar-refractivity contribution in [2.75, 3.05) is 11.4 Å². The smallest absolute Gasteiger partial charge is 0.337 e. The quantitative estimate of drug-likeness (QED) is 0.844. The molecule has 1 aromatic carbocycles. The standard InChI is InChI=1S/C12H12FNO5S/c1-7-3-2-4-9(12(16)17)11(7)14-6-8(5-10(14)15)20(13,18)19/h2-4,8H,5-6H2,1H3,(H,16,17). The predicted molar refractivity (Wildman–Crippen MR) is 68.9 cm³/mol. The summed E-state index contributed by atoms with van der Waals surface area (Å²) < 4.78 is 34.8. The molecule has 1 saturated heterocycles. The largest absolute Gasteiger partial charge is 0.478 e. The van der Waals surface area contributed by atoms with Gasteiger partial charge in [-0.2, -0.15) is 8.42 Å². The molecule has 0 radical (unpaired) electrons. The molecule has 6 nitrogen and oxygen atoms in total. The molecule has 1 aromatic rings. The summed E-state index contributed by atoms with van der Waals surface area (Å²) in [6.45, 7) is 1.23. The number of carbonyl (C=O) groups is 2. The minimum absolute atomic E-state index is 0.116. The molecule has 1 atom stereocenters. The van der Waals surface area contributed by atoms with Gasteiger partial charge in [-0.25, -0.2) is 4.79 Å². The summed E-state index contributed by atoms with van der Waals surface area (Å²) >= 11 is 0. The summed E-state index contributed by atoms with van der Waals surface area (Å²) in [4.78, 5) is 24.1. The lowest BCUT2D eigenvalue weighted by Gasteiger charge is -2.20. The normalized spacial score (nSPS) is 19.4. The third kappa shape index (κ3) is 2.51. The molecule has 1 N–H and O–H groups in total. The summed E-state index contributed by atoms with van der Waals surface area (Å²) in [6, 6.07) is 4.44. The Morgan fingerprint density at radius 3 is 2.60 bits per heavy atom. The number of carboxylic acids is 1. The van der Waals surface area contributed by atoms with Crippen LogP contribution >= 0.6 is 0 Å². The first-order valence-electron chi connectivity index (χ1n) is 5.78. The van der Waals surface area contributed by atoms with Crippen LogP contribution < -0.4 is 4.90 Å². The SMILES string of the molecule is Cc1cccc(C(=O)O)c1N1CC(S(=O)(=O)F)CC1=O. The number of hydrogen-bond donors (Lipinski definition) is 1. The van der Waals surface area contributed by atoms with Crippen molar-refractivity contribution in [2.45, 2.75) is 18.6 Å². The van der Waals surface area contributed by atoms with Crippen LogP contribution in [0.15, 0.2) is 18.2 Å². The molecule has 0 aliphatic carbocycles. The first-order valence-corrected chi connectivity index (χ1v) is 7.23. The van der Waals surface area contributed by atoms with Crippen LogP contribution in [0, 0.1) is 6.92 Å². The highest BCUT2D eigenvalue weighted by atomic mass is 32.3. The molecule has 8 heteroatoms. The molecule has 108 valence electrons. The van der Waals surface area contributed by atoms with Crippen LogP contribution in [-0.4, -0.2) is 37.2 Å². The summed E-state index contributed by atoms with van der Waals surface area (Å²) in [7, 11) is -4.83. The van der Waals surface area contributed by atoms with Gasteiger partial charge in [0.1, 0.15) is 5.25 Å². The van der Waals surface area contributed by atoms with Crippen molar-refractivity contribution in [3.05, 3.63) is 29.3 Å². The summed E-state index contributed by atoms with van der Waals surface area (Å²) in [6.07, 6.45) is -0.480. The average Bonchev–Trinajstić information content (AvgIpc) is 2.70. The van der Waals surface area contributed by atoms with E-state index in [2.05, 4.69) is 0 Å². The van der Waals surface area contributed by atoms with E-state index in [-0.39, 0.29) is 17.8 Å². The van der Waals surface area contributed by atoms with Gasteiger partial charge >= 0.3 is 16.2 Å². The molecule has 1 heterocycles. The van der Waals surface area contributed by atoms with E-state index >= 15 is 0 Å². The first-order chi connectivity index (χ1) is 9.21. The minimum atomic E-state index is -4.83. The Hall–Kier alpha value is -1.96. The van der Waals surface area contributed by atoms with E-state index in [1.165, 1.54) is 12.1 Å². The van der Waals surface area contributed by atoms with Gasteiger partial charge in [-0.05, 0) is 18.6 Å². The second-order valence-corrected chi connectivity index (χ2v) is 6.20. The second kappa shape index (κ2) is 4.86. The maximum Gasteiger partial charge on any atom is 0.337 e. The molecular formula is C12H12FNO5S. The lowest BCUT2D eigenvalue weighted by Crippen LogP contribution is -2.29. The van der Waals surface area contributed by atoms with E-state index in [0.29, 0.717) is 5.56 Å². The highest BCUT2D eigenvalue weighted by molar-refractivity contribution is 7.87. The number of carboxylic acid groups (broad SMARTS) is 1. The molecule has 0 saturated carbocycles. The first kappa shape index (κ1) is 14.4. The molecule has 1 unspecified atom stereocenters. The van der Waals surface area contributed by atoms with Gasteiger partial charge in [0.05, 0.1) is 11.3 Å². The van der Waals surface area contributed by atoms with Crippen LogP contribution in [0.3, 0.4) is 0 Å². The molecule has 1 amide bonds. The van der Waals surface area contributed by atoms with E-state index < -0.39 is 33.8 Å². The molecule has 0 aromatic heterocycles. The van der Waals surface area contributed by atoms with Crippen LogP contribution in [0.5, 0.6) is 0 Å². The van der Waals surface area contributed by atoms with Gasteiger partial charge in [0, 0.05) is 13.0 Å². The number of halogens is 1. The summed E-state index contributed by atoms with van der Waals surface area (Å²) in [5.74, 6) is -1.84. The van der Waals surface area contributed by atoms with Gasteiger partial charge in [0.15, 0.2) is 0 Å². The van der Waals surface area contributed by atoms with Crippen LogP contribution in [0.25, 0.3) is 0 Å². The van der Waals surface area contributed by atoms with Crippen LogP contribution in [-0.2, 0) is 15.0 Å². The Balaban J connectivity index is 2.48. The average molecular weight is 301 g/mol. The van der Waals surface area contributed by atoms with Crippen LogP contribution in [0.1, 0.15) is 22.3 Å². The number of para-hydroxylation sites is 1. The van der Waals surface area contributed by atoms with Crippen molar-refractivity contribution in [2.24, 2.45) is 0 Å². The van der Waals surface area contributed by atoms with Gasteiger partial charge in [-0.3, -0.25) is 4.79 Å². The zero-order chi connectivity index (χ0) is 15.1. The van der Waals surface area contributed by atoms with Gasteiger partial charge in [0.25, 0.3) is 0 Å². The highest BCUT2D eigenvalue weighted by Gasteiger charge is 2.40. The minimum Gasteiger partial charge on any atom is -0.478 e. The molecule has 0 spiro atoms. The van der Waals surface area contributed by atoms with Crippen molar-refractivity contribution < 1.29 is 27.0 Å². The van der Waals surface area contributed by atoms with Crippen LogP contribution in [0.4, 0.5) is 9.57 Å². The van der Waals surface area contributed by atoms with Gasteiger partial charge in [0.2, 0.25) is 5.91 Å². The second-order valence-electron chi connectivity index (χ2n) is 4.58. The molecular weight excluding hydrogens is 289 g/mol. The number of amides is 1. The monoisotopic (exact) mass is 301 g/mol. The maximum atomic E-state index is 13.0. The predicted octanol–water partition coefficient (Wildman–Crippen LogP) is 1.10. The van der Waals surface area contributed by atoms with Crippen molar-refractivity contribution in [1.29, 1.82) is 0 Å². The van der Waals surface area contributed by atoms with Gasteiger partial charge in [-0.1, -0.05) is 12.1 Å². The molecule has 2 rings (SSSR count). The Labute approximate surface area is 115 Å². The van der Waals surface area contributed by atoms with E-state index in [9.17, 15) is 21.9 Å². The number of aryl methyl sites for hydroxylation is 1. The fraction of sp³-hybridized carbons (Fsp3) is 0.333. The fourth-order valence-corrected chi connectivity index (χ4v) is 2.94. The van der Waals surface area contributed by atoms with E-state index in [1.54, 1.807) is 13.0 Å². The third-order valence-electron chi connectivity index (χ3n) is 3.23. The maximum absolute atomic E-state index is 13.0. The lowest BCUT2D eigenvalue weighted by molar-refractivity contribution is -0.117. The third-order valence-corrected chi connectivity index (χ3v) is 4.34. The topological polar surface area (TPSA) is 91.8 Å². The zero-order valence-corrected chi connectivity index (χ0v) is 11.4. The Morgan fingerprint density at radius 2 is 2.10 bits per heavy atom. The Bertz CT molecular complexity index is 685. The highest BCUT2D eigenvalue weighted by Crippen LogP contribution is 2.31. The van der Waals surface area contributed by atoms with Crippen molar-refractivity contribution in [1.82, 2.24) is 0 Å². The van der Waals surface area contributed by atoms with Gasteiger partial charge in [-0.15, -0.1) is 3.89 Å². The van der Waals surface area contributed by atoms with E-state index in [4.69, 9.17) is 5.11 Å². The van der Waals surface area contributed by atoms with Crippen molar-refractivity contribution in [3.8, 4) is 0 Å². The van der Waals surface area contributed by atoms with Crippen molar-refractivity contribution in [3.63, 3.8) is 0 Å². The molecule has 0 bridgehead atoms. The number of nitrogens with zero attached hydrogens (tertiary/aromatic N) is 1. The number of hydrogen-bond acceptors (Lipinski definition) is 4. The lowest BCUT2D eigenvalue weighted by atomic mass is 10.1. The van der Waals surface area contributed by atoms with Gasteiger partial charge < -0.3 is 10.0 Å². The van der Waals surface area contributed by atoms with Crippen LogP contribution in [0.2, 0.25) is 0 Å². The number of benzene rings is 1.